The van der Waals surface area contributed by atoms with E-state index < -0.39 is 0 Å². The molecule has 0 aromatic heterocycles. The summed E-state index contributed by atoms with van der Waals surface area (Å²) in [4.78, 5) is 0. The van der Waals surface area contributed by atoms with Crippen molar-refractivity contribution in [1.82, 2.24) is 0 Å². The average molecular weight is 315 g/mol. The molecule has 1 heteroatoms. The molecule has 0 bridgehead atoms. The van der Waals surface area contributed by atoms with Gasteiger partial charge >= 0.3 is 0 Å². The predicted octanol–water partition coefficient (Wildman–Crippen LogP) is 6.67. The van der Waals surface area contributed by atoms with Crippen LogP contribution >= 0.6 is 0 Å². The van der Waals surface area contributed by atoms with E-state index in [1.807, 2.05) is 0 Å². The van der Waals surface area contributed by atoms with Crippen LogP contribution in [0.25, 0.3) is 0 Å². The number of allylic oxidation sites excluding steroid dienone is 2. The van der Waals surface area contributed by atoms with Crippen molar-refractivity contribution >= 4 is 0 Å². The second-order valence-corrected chi connectivity index (χ2v) is 6.91. The minimum Gasteiger partial charge on any atom is -0.494 e. The zero-order chi connectivity index (χ0) is 16.5. The fourth-order valence-corrected chi connectivity index (χ4v) is 3.90. The van der Waals surface area contributed by atoms with Gasteiger partial charge in [0.2, 0.25) is 0 Å². The van der Waals surface area contributed by atoms with Crippen LogP contribution in [0, 0.1) is 5.92 Å². The molecular weight excluding hydrogens is 280 g/mol. The summed E-state index contributed by atoms with van der Waals surface area (Å²) in [5, 5.41) is 0. The third kappa shape index (κ3) is 5.41. The molecule has 0 aliphatic heterocycles. The number of ether oxygens (including phenoxy) is 1. The number of hydrogen-bond donors (Lipinski definition) is 0. The minimum atomic E-state index is 0.757. The molecule has 0 saturated heterocycles. The molecule has 1 aliphatic rings. The first-order valence-electron chi connectivity index (χ1n) is 9.65. The summed E-state index contributed by atoms with van der Waals surface area (Å²) in [6, 6.07) is 6.95. The summed E-state index contributed by atoms with van der Waals surface area (Å²) >= 11 is 0. The number of aryl methyl sites for hydroxylation is 1. The van der Waals surface area contributed by atoms with Crippen LogP contribution in [0.4, 0.5) is 0 Å². The molecular formula is C22H34O. The van der Waals surface area contributed by atoms with E-state index in [1.165, 1.54) is 50.5 Å². The first-order chi connectivity index (χ1) is 11.3. The van der Waals surface area contributed by atoms with Gasteiger partial charge in [-0.25, -0.2) is 0 Å². The molecule has 1 saturated carbocycles. The van der Waals surface area contributed by atoms with Crippen molar-refractivity contribution in [2.45, 2.75) is 78.1 Å². The highest BCUT2D eigenvalue weighted by Crippen LogP contribution is 2.38. The van der Waals surface area contributed by atoms with Gasteiger partial charge in [-0.05, 0) is 87.8 Å². The van der Waals surface area contributed by atoms with Crippen LogP contribution < -0.4 is 4.74 Å². The van der Waals surface area contributed by atoms with Crippen molar-refractivity contribution in [1.29, 1.82) is 0 Å². The normalized spacial score (nSPS) is 21.7. The molecule has 1 aromatic rings. The molecule has 0 radical (unpaired) electrons. The molecule has 2 rings (SSSR count). The van der Waals surface area contributed by atoms with E-state index in [0.29, 0.717) is 0 Å². The van der Waals surface area contributed by atoms with Gasteiger partial charge in [0.15, 0.2) is 0 Å². The van der Waals surface area contributed by atoms with Crippen LogP contribution in [0.15, 0.2) is 30.4 Å². The van der Waals surface area contributed by atoms with Gasteiger partial charge < -0.3 is 4.74 Å². The molecule has 0 amide bonds. The molecule has 0 N–H and O–H groups in total. The quantitative estimate of drug-likeness (QED) is 0.487. The molecule has 0 unspecified atom stereocenters. The Morgan fingerprint density at radius 3 is 2.57 bits per heavy atom. The SMILES string of the molecule is CC=CCC[C@H]1CC[C@H](c2ccc(OCC)c(CCC)c2)CC1. The van der Waals surface area contributed by atoms with E-state index in [9.17, 15) is 0 Å². The first kappa shape index (κ1) is 18.1. The zero-order valence-corrected chi connectivity index (χ0v) is 15.3. The highest BCUT2D eigenvalue weighted by molar-refractivity contribution is 5.39. The average Bonchev–Trinajstić information content (AvgIpc) is 2.58. The summed E-state index contributed by atoms with van der Waals surface area (Å²) in [5.41, 5.74) is 2.95. The van der Waals surface area contributed by atoms with Crippen molar-refractivity contribution in [2.24, 2.45) is 5.92 Å². The zero-order valence-electron chi connectivity index (χ0n) is 15.3. The molecule has 0 heterocycles. The van der Waals surface area contributed by atoms with Crippen LogP contribution in [0.1, 0.15) is 82.8 Å². The highest BCUT2D eigenvalue weighted by Gasteiger charge is 2.22. The maximum Gasteiger partial charge on any atom is 0.122 e. The molecule has 1 aromatic carbocycles. The third-order valence-electron chi connectivity index (χ3n) is 5.20. The van der Waals surface area contributed by atoms with Crippen molar-refractivity contribution in [3.63, 3.8) is 0 Å². The lowest BCUT2D eigenvalue weighted by Gasteiger charge is -2.29. The van der Waals surface area contributed by atoms with E-state index >= 15 is 0 Å². The Bertz CT molecular complexity index is 481. The Hall–Kier alpha value is -1.24. The standard InChI is InChI=1S/C22H34O/c1-4-7-8-10-18-11-13-19(14-12-18)20-15-16-22(23-6-3)21(17-20)9-5-2/h4,7,15-19H,5-6,8-14H2,1-3H3/t18-,19-. The summed E-state index contributed by atoms with van der Waals surface area (Å²) in [6.45, 7) is 7.20. The fraction of sp³-hybridized carbons (Fsp3) is 0.636. The predicted molar refractivity (Wildman–Crippen MR) is 100 cm³/mol. The van der Waals surface area contributed by atoms with E-state index in [2.05, 4.69) is 51.1 Å². The summed E-state index contributed by atoms with van der Waals surface area (Å²) in [6.07, 6.45) is 15.0. The van der Waals surface area contributed by atoms with E-state index in [4.69, 9.17) is 4.74 Å². The Kier molecular flexibility index (Phi) is 7.71. The van der Waals surface area contributed by atoms with Crippen molar-refractivity contribution in [3.05, 3.63) is 41.5 Å². The third-order valence-corrected chi connectivity index (χ3v) is 5.20. The van der Waals surface area contributed by atoms with Crippen molar-refractivity contribution < 1.29 is 4.74 Å². The summed E-state index contributed by atoms with van der Waals surface area (Å²) < 4.78 is 5.80. The molecule has 1 aliphatic carbocycles. The second-order valence-electron chi connectivity index (χ2n) is 6.91. The van der Waals surface area contributed by atoms with Gasteiger partial charge in [-0.15, -0.1) is 0 Å². The van der Waals surface area contributed by atoms with Crippen LogP contribution in [0.5, 0.6) is 5.75 Å². The van der Waals surface area contributed by atoms with Gasteiger partial charge in [0, 0.05) is 0 Å². The Balaban J connectivity index is 1.96. The lowest BCUT2D eigenvalue weighted by molar-refractivity contribution is 0.311. The van der Waals surface area contributed by atoms with Crippen molar-refractivity contribution in [3.8, 4) is 5.75 Å². The Labute approximate surface area is 143 Å². The first-order valence-corrected chi connectivity index (χ1v) is 9.65. The maximum atomic E-state index is 5.80. The lowest BCUT2D eigenvalue weighted by Crippen LogP contribution is -2.13. The summed E-state index contributed by atoms with van der Waals surface area (Å²) in [7, 11) is 0. The molecule has 0 spiro atoms. The summed E-state index contributed by atoms with van der Waals surface area (Å²) in [5.74, 6) is 2.80. The van der Waals surface area contributed by atoms with Gasteiger partial charge in [0.25, 0.3) is 0 Å². The number of rotatable bonds is 8. The van der Waals surface area contributed by atoms with Gasteiger partial charge in [-0.3, -0.25) is 0 Å². The molecule has 1 fully saturated rings. The highest BCUT2D eigenvalue weighted by atomic mass is 16.5. The number of benzene rings is 1. The smallest absolute Gasteiger partial charge is 0.122 e. The topological polar surface area (TPSA) is 9.23 Å². The van der Waals surface area contributed by atoms with E-state index in [1.54, 1.807) is 5.56 Å². The van der Waals surface area contributed by atoms with Gasteiger partial charge in [0.05, 0.1) is 6.61 Å². The molecule has 23 heavy (non-hydrogen) atoms. The molecule has 128 valence electrons. The molecule has 1 nitrogen and oxygen atoms in total. The largest absolute Gasteiger partial charge is 0.494 e. The fourth-order valence-electron chi connectivity index (χ4n) is 3.90. The van der Waals surface area contributed by atoms with E-state index in [-0.39, 0.29) is 0 Å². The Morgan fingerprint density at radius 2 is 1.91 bits per heavy atom. The monoisotopic (exact) mass is 314 g/mol. The van der Waals surface area contributed by atoms with Crippen LogP contribution in [-0.2, 0) is 6.42 Å². The number of hydrogen-bond acceptors (Lipinski definition) is 1. The van der Waals surface area contributed by atoms with E-state index in [0.717, 1.165) is 30.6 Å². The molecule has 0 atom stereocenters. The minimum absolute atomic E-state index is 0.757. The van der Waals surface area contributed by atoms with Crippen LogP contribution in [0.2, 0.25) is 0 Å². The lowest BCUT2D eigenvalue weighted by atomic mass is 9.77. The Morgan fingerprint density at radius 1 is 1.13 bits per heavy atom. The van der Waals surface area contributed by atoms with Gasteiger partial charge in [-0.1, -0.05) is 37.6 Å². The van der Waals surface area contributed by atoms with Crippen molar-refractivity contribution in [2.75, 3.05) is 6.61 Å². The van der Waals surface area contributed by atoms with Crippen LogP contribution in [-0.4, -0.2) is 6.61 Å². The van der Waals surface area contributed by atoms with Gasteiger partial charge in [0.1, 0.15) is 5.75 Å². The van der Waals surface area contributed by atoms with Gasteiger partial charge in [-0.2, -0.15) is 0 Å². The van der Waals surface area contributed by atoms with Crippen LogP contribution in [0.3, 0.4) is 0 Å². The second kappa shape index (κ2) is 9.80. The maximum absolute atomic E-state index is 5.80.